The number of ketones is 1. The number of aromatic nitrogens is 1. The third-order valence-electron chi connectivity index (χ3n) is 3.22. The fraction of sp³-hybridized carbons (Fsp3) is 0.214. The molecule has 3 rings (SSSR count). The van der Waals surface area contributed by atoms with Crippen LogP contribution in [0, 0.1) is 0 Å². The summed E-state index contributed by atoms with van der Waals surface area (Å²) in [5.41, 5.74) is 3.23. The van der Waals surface area contributed by atoms with E-state index >= 15 is 0 Å². The van der Waals surface area contributed by atoms with Gasteiger partial charge in [0.25, 0.3) is 0 Å². The number of aromatic amines is 1. The average Bonchev–Trinajstić information content (AvgIpc) is 2.98. The normalized spacial score (nSPS) is 13.8. The van der Waals surface area contributed by atoms with Gasteiger partial charge in [0.1, 0.15) is 0 Å². The van der Waals surface area contributed by atoms with Crippen LogP contribution in [0.1, 0.15) is 16.1 Å². The van der Waals surface area contributed by atoms with Gasteiger partial charge in [-0.05, 0) is 30.2 Å². The summed E-state index contributed by atoms with van der Waals surface area (Å²) in [6.45, 7) is 1.39. The SMILES string of the molecule is O=C(CN1CCc2ccccc21)c1ccc[nH]1. The van der Waals surface area contributed by atoms with Gasteiger partial charge in [-0.3, -0.25) is 4.79 Å². The summed E-state index contributed by atoms with van der Waals surface area (Å²) in [7, 11) is 0. The van der Waals surface area contributed by atoms with Crippen molar-refractivity contribution in [2.24, 2.45) is 0 Å². The van der Waals surface area contributed by atoms with Crippen LogP contribution in [0.4, 0.5) is 5.69 Å². The number of hydrogen-bond donors (Lipinski definition) is 1. The highest BCUT2D eigenvalue weighted by molar-refractivity contribution is 5.97. The highest BCUT2D eigenvalue weighted by Crippen LogP contribution is 2.27. The van der Waals surface area contributed by atoms with E-state index < -0.39 is 0 Å². The second kappa shape index (κ2) is 4.09. The van der Waals surface area contributed by atoms with E-state index in [0.29, 0.717) is 12.2 Å². The van der Waals surface area contributed by atoms with Crippen LogP contribution in [0.3, 0.4) is 0 Å². The maximum Gasteiger partial charge on any atom is 0.198 e. The van der Waals surface area contributed by atoms with Crippen LogP contribution < -0.4 is 4.90 Å². The van der Waals surface area contributed by atoms with Gasteiger partial charge in [0.05, 0.1) is 12.2 Å². The second-order valence-electron chi connectivity index (χ2n) is 4.31. The monoisotopic (exact) mass is 226 g/mol. The van der Waals surface area contributed by atoms with Crippen molar-refractivity contribution in [1.29, 1.82) is 0 Å². The van der Waals surface area contributed by atoms with Crippen molar-refractivity contribution < 1.29 is 4.79 Å². The van der Waals surface area contributed by atoms with Gasteiger partial charge in [-0.15, -0.1) is 0 Å². The summed E-state index contributed by atoms with van der Waals surface area (Å²) in [5.74, 6) is 0.145. The number of H-pyrrole nitrogens is 1. The average molecular weight is 226 g/mol. The van der Waals surface area contributed by atoms with E-state index in [1.165, 1.54) is 11.3 Å². The van der Waals surface area contributed by atoms with Crippen molar-refractivity contribution in [1.82, 2.24) is 4.98 Å². The van der Waals surface area contributed by atoms with Crippen LogP contribution in [-0.4, -0.2) is 23.9 Å². The van der Waals surface area contributed by atoms with Crippen LogP contribution in [0.5, 0.6) is 0 Å². The number of Topliss-reactive ketones (excluding diaryl/α,β-unsaturated/α-hetero) is 1. The molecule has 0 bridgehead atoms. The standard InChI is InChI=1S/C14H14N2O/c17-14(12-5-3-8-15-12)10-16-9-7-11-4-1-2-6-13(11)16/h1-6,8,15H,7,9-10H2. The predicted octanol–water partition coefficient (Wildman–Crippen LogP) is 2.26. The first-order valence-electron chi connectivity index (χ1n) is 5.84. The molecule has 1 aromatic heterocycles. The summed E-state index contributed by atoms with van der Waals surface area (Å²) in [4.78, 5) is 17.1. The number of nitrogens with zero attached hydrogens (tertiary/aromatic N) is 1. The van der Waals surface area contributed by atoms with E-state index in [9.17, 15) is 4.79 Å². The Morgan fingerprint density at radius 3 is 2.94 bits per heavy atom. The first kappa shape index (κ1) is 10.1. The van der Waals surface area contributed by atoms with Crippen LogP contribution in [0.25, 0.3) is 0 Å². The third-order valence-corrected chi connectivity index (χ3v) is 3.22. The number of hydrogen-bond acceptors (Lipinski definition) is 2. The second-order valence-corrected chi connectivity index (χ2v) is 4.31. The maximum atomic E-state index is 12.0. The lowest BCUT2D eigenvalue weighted by molar-refractivity contribution is 0.0995. The molecule has 3 heteroatoms. The van der Waals surface area contributed by atoms with Gasteiger partial charge in [0.2, 0.25) is 0 Å². The van der Waals surface area contributed by atoms with Crippen molar-refractivity contribution in [3.05, 3.63) is 53.9 Å². The molecule has 17 heavy (non-hydrogen) atoms. The summed E-state index contributed by atoms with van der Waals surface area (Å²) in [6, 6.07) is 12.0. The lowest BCUT2D eigenvalue weighted by Crippen LogP contribution is -2.28. The Labute approximate surface area is 100 Å². The van der Waals surface area contributed by atoms with Gasteiger partial charge in [0.15, 0.2) is 5.78 Å². The predicted molar refractivity (Wildman–Crippen MR) is 67.5 cm³/mol. The highest BCUT2D eigenvalue weighted by Gasteiger charge is 2.21. The Hall–Kier alpha value is -2.03. The topological polar surface area (TPSA) is 36.1 Å². The zero-order valence-corrected chi connectivity index (χ0v) is 9.52. The molecule has 0 unspecified atom stereocenters. The number of nitrogens with one attached hydrogen (secondary N) is 1. The molecule has 0 radical (unpaired) electrons. The Kier molecular flexibility index (Phi) is 2.44. The molecule has 0 saturated heterocycles. The fourth-order valence-corrected chi connectivity index (χ4v) is 2.33. The third kappa shape index (κ3) is 1.84. The number of carbonyl (C=O) groups excluding carboxylic acids is 1. The van der Waals surface area contributed by atoms with Crippen LogP contribution in [0.15, 0.2) is 42.6 Å². The molecule has 1 aromatic carbocycles. The number of rotatable bonds is 3. The molecular formula is C14H14N2O. The van der Waals surface area contributed by atoms with Crippen molar-refractivity contribution in [3.8, 4) is 0 Å². The van der Waals surface area contributed by atoms with Crippen molar-refractivity contribution in [2.75, 3.05) is 18.0 Å². The lowest BCUT2D eigenvalue weighted by Gasteiger charge is -2.17. The minimum Gasteiger partial charge on any atom is -0.363 e. The number of benzene rings is 1. The molecule has 1 N–H and O–H groups in total. The minimum absolute atomic E-state index is 0.145. The van der Waals surface area contributed by atoms with E-state index in [1.54, 1.807) is 6.20 Å². The minimum atomic E-state index is 0.145. The van der Waals surface area contributed by atoms with Crippen LogP contribution >= 0.6 is 0 Å². The molecule has 2 aromatic rings. The molecule has 3 nitrogen and oxygen atoms in total. The number of carbonyl (C=O) groups is 1. The molecule has 0 saturated carbocycles. The molecule has 86 valence electrons. The first-order valence-corrected chi connectivity index (χ1v) is 5.84. The largest absolute Gasteiger partial charge is 0.363 e. The molecule has 0 atom stereocenters. The Balaban J connectivity index is 1.78. The molecule has 1 aliphatic rings. The van der Waals surface area contributed by atoms with Crippen molar-refractivity contribution in [3.63, 3.8) is 0 Å². The van der Waals surface area contributed by atoms with E-state index in [1.807, 2.05) is 18.2 Å². The van der Waals surface area contributed by atoms with Gasteiger partial charge in [-0.1, -0.05) is 18.2 Å². The van der Waals surface area contributed by atoms with Crippen molar-refractivity contribution >= 4 is 11.5 Å². The van der Waals surface area contributed by atoms with Crippen LogP contribution in [-0.2, 0) is 6.42 Å². The molecular weight excluding hydrogens is 212 g/mol. The molecule has 1 aliphatic heterocycles. The zero-order chi connectivity index (χ0) is 11.7. The van der Waals surface area contributed by atoms with Gasteiger partial charge in [-0.25, -0.2) is 0 Å². The number of para-hydroxylation sites is 1. The van der Waals surface area contributed by atoms with Crippen molar-refractivity contribution in [2.45, 2.75) is 6.42 Å². The summed E-state index contributed by atoms with van der Waals surface area (Å²) < 4.78 is 0. The van der Waals surface area contributed by atoms with E-state index in [0.717, 1.165) is 13.0 Å². The quantitative estimate of drug-likeness (QED) is 0.815. The first-order chi connectivity index (χ1) is 8.34. The molecule has 0 aliphatic carbocycles. The maximum absolute atomic E-state index is 12.0. The van der Waals surface area contributed by atoms with Gasteiger partial charge in [0, 0.05) is 18.4 Å². The summed E-state index contributed by atoms with van der Waals surface area (Å²) in [5, 5.41) is 0. The smallest absolute Gasteiger partial charge is 0.198 e. The summed E-state index contributed by atoms with van der Waals surface area (Å²) >= 11 is 0. The van der Waals surface area contributed by atoms with Gasteiger partial charge in [-0.2, -0.15) is 0 Å². The Bertz CT molecular complexity index is 531. The lowest BCUT2D eigenvalue weighted by atomic mass is 10.2. The zero-order valence-electron chi connectivity index (χ0n) is 9.52. The van der Waals surface area contributed by atoms with Crippen LogP contribution in [0.2, 0.25) is 0 Å². The van der Waals surface area contributed by atoms with E-state index in [4.69, 9.17) is 0 Å². The molecule has 2 heterocycles. The van der Waals surface area contributed by atoms with E-state index in [-0.39, 0.29) is 5.78 Å². The Morgan fingerprint density at radius 1 is 1.24 bits per heavy atom. The summed E-state index contributed by atoms with van der Waals surface area (Å²) in [6.07, 6.45) is 2.82. The van der Waals surface area contributed by atoms with Gasteiger partial charge < -0.3 is 9.88 Å². The number of fused-ring (bicyclic) bond motifs is 1. The highest BCUT2D eigenvalue weighted by atomic mass is 16.1. The number of anilines is 1. The van der Waals surface area contributed by atoms with Gasteiger partial charge >= 0.3 is 0 Å². The molecule has 0 fully saturated rings. The van der Waals surface area contributed by atoms with E-state index in [2.05, 4.69) is 28.1 Å². The Morgan fingerprint density at radius 2 is 2.12 bits per heavy atom. The fourth-order valence-electron chi connectivity index (χ4n) is 2.33. The molecule has 0 spiro atoms. The molecule has 0 amide bonds.